The maximum atomic E-state index is 13.3. The average Bonchev–Trinajstić information content (AvgIpc) is 2.88. The highest BCUT2D eigenvalue weighted by Gasteiger charge is 2.62. The van der Waals surface area contributed by atoms with Crippen LogP contribution in [0.3, 0.4) is 0 Å². The first-order valence-electron chi connectivity index (χ1n) is 7.03. The number of hydrogen-bond acceptors (Lipinski definition) is 5. The average molecular weight is 332 g/mol. The molecule has 0 saturated carbocycles. The van der Waals surface area contributed by atoms with Gasteiger partial charge in [0.1, 0.15) is 0 Å². The van der Waals surface area contributed by atoms with E-state index in [1.54, 1.807) is 36.4 Å². The SMILES string of the molecule is COP(=O)(OC)C1(Nc2ccccc2)C(=O)Nc2ccccc21. The van der Waals surface area contributed by atoms with Crippen LogP contribution in [0.1, 0.15) is 5.56 Å². The summed E-state index contributed by atoms with van der Waals surface area (Å²) in [6, 6.07) is 16.1. The van der Waals surface area contributed by atoms with E-state index in [1.165, 1.54) is 14.2 Å². The van der Waals surface area contributed by atoms with E-state index in [9.17, 15) is 9.36 Å². The van der Waals surface area contributed by atoms with Crippen LogP contribution in [-0.2, 0) is 23.7 Å². The Labute approximate surface area is 134 Å². The highest BCUT2D eigenvalue weighted by molar-refractivity contribution is 7.56. The minimum Gasteiger partial charge on any atom is -0.358 e. The number of nitrogens with one attached hydrogen (secondary N) is 2. The van der Waals surface area contributed by atoms with Gasteiger partial charge in [0.05, 0.1) is 0 Å². The summed E-state index contributed by atoms with van der Waals surface area (Å²) in [5.74, 6) is -0.477. The molecule has 0 radical (unpaired) electrons. The van der Waals surface area contributed by atoms with Crippen LogP contribution >= 0.6 is 7.60 Å². The van der Waals surface area contributed by atoms with Crippen molar-refractivity contribution in [1.82, 2.24) is 0 Å². The van der Waals surface area contributed by atoms with Crippen molar-refractivity contribution in [3.63, 3.8) is 0 Å². The Bertz CT molecular complexity index is 773. The molecule has 0 spiro atoms. The molecule has 1 amide bonds. The second-order valence-electron chi connectivity index (χ2n) is 5.06. The Morgan fingerprint density at radius 1 is 1.00 bits per heavy atom. The quantitative estimate of drug-likeness (QED) is 0.821. The van der Waals surface area contributed by atoms with Gasteiger partial charge in [-0.15, -0.1) is 0 Å². The fourth-order valence-electron chi connectivity index (χ4n) is 2.79. The molecule has 1 unspecified atom stereocenters. The topological polar surface area (TPSA) is 76.7 Å². The lowest BCUT2D eigenvalue weighted by Gasteiger charge is -2.34. The minimum atomic E-state index is -3.84. The smallest absolute Gasteiger partial charge is 0.358 e. The zero-order valence-electron chi connectivity index (χ0n) is 12.8. The third-order valence-corrected chi connectivity index (χ3v) is 6.22. The highest BCUT2D eigenvalue weighted by Crippen LogP contribution is 2.67. The molecule has 1 atom stereocenters. The van der Waals surface area contributed by atoms with E-state index in [4.69, 9.17) is 9.05 Å². The molecule has 1 aliphatic heterocycles. The molecule has 1 heterocycles. The molecule has 1 aliphatic rings. The van der Waals surface area contributed by atoms with Crippen LogP contribution < -0.4 is 10.6 Å². The van der Waals surface area contributed by atoms with Gasteiger partial charge in [-0.2, -0.15) is 0 Å². The second-order valence-corrected chi connectivity index (χ2v) is 7.46. The number of amides is 1. The van der Waals surface area contributed by atoms with Gasteiger partial charge in [0.25, 0.3) is 5.91 Å². The number of fused-ring (bicyclic) bond motifs is 1. The lowest BCUT2D eigenvalue weighted by molar-refractivity contribution is -0.118. The molecular formula is C16H17N2O4P. The van der Waals surface area contributed by atoms with Crippen molar-refractivity contribution in [2.75, 3.05) is 24.9 Å². The van der Waals surface area contributed by atoms with Crippen molar-refractivity contribution in [2.24, 2.45) is 0 Å². The monoisotopic (exact) mass is 332 g/mol. The maximum absolute atomic E-state index is 13.3. The van der Waals surface area contributed by atoms with Crippen molar-refractivity contribution in [3.8, 4) is 0 Å². The second kappa shape index (κ2) is 5.81. The standard InChI is InChI=1S/C16H17N2O4P/c1-21-23(20,22-2)16(18-12-8-4-3-5-9-12)13-10-6-7-11-14(13)17-15(16)19/h3-11,18H,1-2H3,(H,17,19). The Hall–Kier alpha value is -2.14. The molecule has 0 aliphatic carbocycles. The molecule has 120 valence electrons. The van der Waals surface area contributed by atoms with Gasteiger partial charge in [0.2, 0.25) is 5.28 Å². The summed E-state index contributed by atoms with van der Waals surface area (Å²) in [6.45, 7) is 0. The summed E-state index contributed by atoms with van der Waals surface area (Å²) in [4.78, 5) is 12.8. The lowest BCUT2D eigenvalue weighted by atomic mass is 10.1. The first-order valence-corrected chi connectivity index (χ1v) is 8.57. The van der Waals surface area contributed by atoms with Crippen molar-refractivity contribution >= 4 is 24.9 Å². The van der Waals surface area contributed by atoms with Gasteiger partial charge < -0.3 is 19.7 Å². The maximum Gasteiger partial charge on any atom is 0.369 e. The first kappa shape index (κ1) is 15.7. The number of carbonyl (C=O) groups is 1. The Balaban J connectivity index is 2.23. The van der Waals surface area contributed by atoms with Gasteiger partial charge >= 0.3 is 7.60 Å². The number of para-hydroxylation sites is 2. The predicted molar refractivity (Wildman–Crippen MR) is 88.4 cm³/mol. The summed E-state index contributed by atoms with van der Waals surface area (Å²) < 4.78 is 23.7. The molecule has 7 heteroatoms. The molecule has 0 aromatic heterocycles. The third-order valence-electron chi connectivity index (χ3n) is 3.88. The number of benzene rings is 2. The van der Waals surface area contributed by atoms with E-state index in [-0.39, 0.29) is 0 Å². The van der Waals surface area contributed by atoms with Crippen molar-refractivity contribution < 1.29 is 18.4 Å². The molecule has 6 nitrogen and oxygen atoms in total. The van der Waals surface area contributed by atoms with Crippen LogP contribution in [0, 0.1) is 0 Å². The summed E-state index contributed by atoms with van der Waals surface area (Å²) in [5, 5.41) is 4.18. The van der Waals surface area contributed by atoms with E-state index in [0.717, 1.165) is 0 Å². The summed E-state index contributed by atoms with van der Waals surface area (Å²) >= 11 is 0. The summed E-state index contributed by atoms with van der Waals surface area (Å²) in [7, 11) is -1.30. The lowest BCUT2D eigenvalue weighted by Crippen LogP contribution is -2.42. The van der Waals surface area contributed by atoms with Gasteiger partial charge in [-0.25, -0.2) is 0 Å². The molecule has 2 aromatic carbocycles. The van der Waals surface area contributed by atoms with Crippen LogP contribution in [0.5, 0.6) is 0 Å². The van der Waals surface area contributed by atoms with Crippen LogP contribution in [0.15, 0.2) is 54.6 Å². The fourth-order valence-corrected chi connectivity index (χ4v) is 4.54. The van der Waals surface area contributed by atoms with Gasteiger partial charge in [0.15, 0.2) is 0 Å². The molecule has 2 aromatic rings. The summed E-state index contributed by atoms with van der Waals surface area (Å²) in [6.07, 6.45) is 0. The van der Waals surface area contributed by atoms with E-state index in [1.807, 2.05) is 18.2 Å². The normalized spacial score (nSPS) is 20.0. The zero-order chi connectivity index (χ0) is 16.5. The number of carbonyl (C=O) groups excluding carboxylic acids is 1. The van der Waals surface area contributed by atoms with E-state index < -0.39 is 18.8 Å². The highest BCUT2D eigenvalue weighted by atomic mass is 31.2. The van der Waals surface area contributed by atoms with Crippen molar-refractivity contribution in [1.29, 1.82) is 0 Å². The van der Waals surface area contributed by atoms with Crippen LogP contribution in [0.2, 0.25) is 0 Å². The summed E-state index contributed by atoms with van der Waals surface area (Å²) in [5.41, 5.74) is 1.74. The number of rotatable bonds is 5. The Morgan fingerprint density at radius 3 is 2.26 bits per heavy atom. The van der Waals surface area contributed by atoms with E-state index in [0.29, 0.717) is 16.9 Å². The third kappa shape index (κ3) is 2.27. The van der Waals surface area contributed by atoms with Gasteiger partial charge in [-0.1, -0.05) is 36.4 Å². The molecule has 0 fully saturated rings. The molecule has 0 saturated heterocycles. The van der Waals surface area contributed by atoms with Crippen LogP contribution in [0.4, 0.5) is 11.4 Å². The first-order chi connectivity index (χ1) is 11.1. The molecule has 3 rings (SSSR count). The largest absolute Gasteiger partial charge is 0.369 e. The van der Waals surface area contributed by atoms with Crippen LogP contribution in [-0.4, -0.2) is 20.1 Å². The number of anilines is 2. The minimum absolute atomic E-state index is 0.477. The zero-order valence-corrected chi connectivity index (χ0v) is 13.7. The van der Waals surface area contributed by atoms with Crippen LogP contribution in [0.25, 0.3) is 0 Å². The van der Waals surface area contributed by atoms with E-state index in [2.05, 4.69) is 10.6 Å². The van der Waals surface area contributed by atoms with Crippen molar-refractivity contribution in [2.45, 2.75) is 5.28 Å². The molecule has 2 N–H and O–H groups in total. The van der Waals surface area contributed by atoms with Gasteiger partial charge in [0, 0.05) is 31.2 Å². The predicted octanol–water partition coefficient (Wildman–Crippen LogP) is 3.39. The van der Waals surface area contributed by atoms with E-state index >= 15 is 0 Å². The molecule has 23 heavy (non-hydrogen) atoms. The molecule has 0 bridgehead atoms. The molecular weight excluding hydrogens is 315 g/mol. The van der Waals surface area contributed by atoms with Gasteiger partial charge in [-0.05, 0) is 18.2 Å². The Morgan fingerprint density at radius 2 is 1.61 bits per heavy atom. The van der Waals surface area contributed by atoms with Gasteiger partial charge in [-0.3, -0.25) is 9.36 Å². The number of hydrogen-bond donors (Lipinski definition) is 2. The Kier molecular flexibility index (Phi) is 3.98. The fraction of sp³-hybridized carbons (Fsp3) is 0.188. The van der Waals surface area contributed by atoms with Crippen molar-refractivity contribution in [3.05, 3.63) is 60.2 Å².